The van der Waals surface area contributed by atoms with Crippen molar-refractivity contribution in [3.8, 4) is 17.1 Å². The molecule has 1 atom stereocenters. The van der Waals surface area contributed by atoms with E-state index in [0.717, 1.165) is 29.7 Å². The first-order valence-electron chi connectivity index (χ1n) is 9.77. The second kappa shape index (κ2) is 9.02. The van der Waals surface area contributed by atoms with E-state index in [0.29, 0.717) is 27.4 Å². The Balaban J connectivity index is 1.86. The summed E-state index contributed by atoms with van der Waals surface area (Å²) in [6.45, 7) is 3.65. The lowest BCUT2D eigenvalue weighted by Gasteiger charge is -2.29. The van der Waals surface area contributed by atoms with E-state index in [1.807, 2.05) is 36.4 Å². The fourth-order valence-corrected chi connectivity index (χ4v) is 4.36. The molecule has 0 saturated carbocycles. The molecule has 8 heteroatoms. The minimum Gasteiger partial charge on any atom is -0.447 e. The fraction of sp³-hybridized carbons (Fsp3) is 0.273. The molecular weight excluding hydrogens is 420 g/mol. The molecular formula is C22H21ClN4O2S. The van der Waals surface area contributed by atoms with Crippen LogP contribution in [0.4, 0.5) is 5.69 Å². The van der Waals surface area contributed by atoms with Crippen LogP contribution in [0.3, 0.4) is 0 Å². The van der Waals surface area contributed by atoms with Crippen molar-refractivity contribution in [3.05, 3.63) is 59.1 Å². The predicted molar refractivity (Wildman–Crippen MR) is 119 cm³/mol. The van der Waals surface area contributed by atoms with Crippen LogP contribution in [-0.2, 0) is 4.79 Å². The van der Waals surface area contributed by atoms with Crippen LogP contribution in [-0.4, -0.2) is 26.8 Å². The standard InChI is InChI=1S/C22H21ClN4O2S/c1-3-4-12-30-22-24-20-19(25-26-22)17-10-5-6-11-18(17)27(14(2)28)21(29-20)15-8-7-9-16(23)13-15/h5-11,13,21H,3-4,12H2,1-2H3/t21-/m1/s1. The average Bonchev–Trinajstić information content (AvgIpc) is 2.88. The number of nitrogens with zero attached hydrogens (tertiary/aromatic N) is 4. The normalized spacial score (nSPS) is 15.0. The Morgan fingerprint density at radius 1 is 1.20 bits per heavy atom. The van der Waals surface area contributed by atoms with Crippen molar-refractivity contribution >= 4 is 35.0 Å². The zero-order valence-electron chi connectivity index (χ0n) is 16.7. The summed E-state index contributed by atoms with van der Waals surface area (Å²) in [5.74, 6) is 1.10. The number of fused-ring (bicyclic) bond motifs is 3. The third-order valence-corrected chi connectivity index (χ3v) is 5.87. The van der Waals surface area contributed by atoms with Crippen molar-refractivity contribution in [3.63, 3.8) is 0 Å². The van der Waals surface area contributed by atoms with E-state index in [2.05, 4.69) is 22.1 Å². The van der Waals surface area contributed by atoms with Gasteiger partial charge in [-0.2, -0.15) is 4.98 Å². The summed E-state index contributed by atoms with van der Waals surface area (Å²) in [6.07, 6.45) is 1.44. The highest BCUT2D eigenvalue weighted by Crippen LogP contribution is 2.43. The van der Waals surface area contributed by atoms with Gasteiger partial charge < -0.3 is 4.74 Å². The number of rotatable bonds is 5. The molecule has 1 aliphatic heterocycles. The Morgan fingerprint density at radius 2 is 2.03 bits per heavy atom. The SMILES string of the molecule is CCCCSc1nnc2c(n1)O[C@H](c1cccc(Cl)c1)N(C(C)=O)c1ccccc1-2. The molecule has 6 nitrogen and oxygen atoms in total. The molecule has 0 saturated heterocycles. The average molecular weight is 441 g/mol. The topological polar surface area (TPSA) is 68.2 Å². The third kappa shape index (κ3) is 4.13. The molecule has 1 aliphatic rings. The van der Waals surface area contributed by atoms with Crippen LogP contribution in [0.25, 0.3) is 11.3 Å². The number of hydrogen-bond acceptors (Lipinski definition) is 6. The number of anilines is 1. The Morgan fingerprint density at radius 3 is 2.80 bits per heavy atom. The van der Waals surface area contributed by atoms with Crippen LogP contribution in [0.1, 0.15) is 38.5 Å². The number of unbranched alkanes of at least 4 members (excludes halogenated alkanes) is 1. The van der Waals surface area contributed by atoms with Crippen molar-refractivity contribution in [2.75, 3.05) is 10.7 Å². The molecule has 0 fully saturated rings. The molecule has 0 aliphatic carbocycles. The second-order valence-electron chi connectivity index (χ2n) is 6.88. The lowest BCUT2D eigenvalue weighted by Crippen LogP contribution is -2.36. The Labute approximate surface area is 184 Å². The maximum atomic E-state index is 12.7. The minimum absolute atomic E-state index is 0.161. The number of aromatic nitrogens is 3. The van der Waals surface area contributed by atoms with Gasteiger partial charge in [0, 0.05) is 28.8 Å². The van der Waals surface area contributed by atoms with Crippen LogP contribution >= 0.6 is 23.4 Å². The highest BCUT2D eigenvalue weighted by atomic mass is 35.5. The third-order valence-electron chi connectivity index (χ3n) is 4.71. The lowest BCUT2D eigenvalue weighted by molar-refractivity contribution is -0.118. The first kappa shape index (κ1) is 20.6. The number of para-hydroxylation sites is 1. The minimum atomic E-state index is -0.728. The van der Waals surface area contributed by atoms with Gasteiger partial charge in [0.1, 0.15) is 0 Å². The van der Waals surface area contributed by atoms with Gasteiger partial charge >= 0.3 is 0 Å². The summed E-state index contributed by atoms with van der Waals surface area (Å²) in [7, 11) is 0. The molecule has 2 aromatic carbocycles. The zero-order valence-corrected chi connectivity index (χ0v) is 18.3. The zero-order chi connectivity index (χ0) is 21.1. The van der Waals surface area contributed by atoms with E-state index in [1.165, 1.54) is 6.92 Å². The Kier molecular flexibility index (Phi) is 6.20. The van der Waals surface area contributed by atoms with Gasteiger partial charge in [0.15, 0.2) is 5.69 Å². The van der Waals surface area contributed by atoms with Crippen LogP contribution in [0, 0.1) is 0 Å². The summed E-state index contributed by atoms with van der Waals surface area (Å²) < 4.78 is 6.32. The molecule has 1 aromatic heterocycles. The molecule has 4 rings (SSSR count). The van der Waals surface area contributed by atoms with Crippen molar-refractivity contribution in [1.82, 2.24) is 15.2 Å². The summed E-state index contributed by atoms with van der Waals surface area (Å²) in [4.78, 5) is 19.0. The van der Waals surface area contributed by atoms with E-state index in [9.17, 15) is 4.79 Å². The maximum Gasteiger partial charge on any atom is 0.247 e. The van der Waals surface area contributed by atoms with Crippen LogP contribution in [0.5, 0.6) is 5.88 Å². The summed E-state index contributed by atoms with van der Waals surface area (Å²) in [5.41, 5.74) is 2.70. The Hall–Kier alpha value is -2.64. The first-order valence-corrected chi connectivity index (χ1v) is 11.1. The van der Waals surface area contributed by atoms with Gasteiger partial charge in [-0.25, -0.2) is 0 Å². The highest BCUT2D eigenvalue weighted by molar-refractivity contribution is 7.99. The van der Waals surface area contributed by atoms with Gasteiger partial charge in [0.25, 0.3) is 0 Å². The monoisotopic (exact) mass is 440 g/mol. The number of carbonyl (C=O) groups excluding carboxylic acids is 1. The van der Waals surface area contributed by atoms with Crippen LogP contribution in [0.2, 0.25) is 5.02 Å². The van der Waals surface area contributed by atoms with Crippen LogP contribution in [0.15, 0.2) is 53.7 Å². The Bertz CT molecular complexity index is 1080. The number of benzene rings is 2. The molecule has 2 heterocycles. The molecule has 0 spiro atoms. The smallest absolute Gasteiger partial charge is 0.247 e. The fourth-order valence-electron chi connectivity index (χ4n) is 3.30. The number of halogens is 1. The number of hydrogen-bond donors (Lipinski definition) is 0. The van der Waals surface area contributed by atoms with Gasteiger partial charge in [-0.1, -0.05) is 67.0 Å². The van der Waals surface area contributed by atoms with Gasteiger partial charge in [0.05, 0.1) is 5.69 Å². The molecule has 0 radical (unpaired) electrons. The highest BCUT2D eigenvalue weighted by Gasteiger charge is 2.34. The molecule has 3 aromatic rings. The van der Waals surface area contributed by atoms with E-state index in [1.54, 1.807) is 28.8 Å². The predicted octanol–water partition coefficient (Wildman–Crippen LogP) is 5.53. The quantitative estimate of drug-likeness (QED) is 0.384. The first-order chi connectivity index (χ1) is 14.6. The van der Waals surface area contributed by atoms with E-state index >= 15 is 0 Å². The molecule has 0 N–H and O–H groups in total. The van der Waals surface area contributed by atoms with Crippen molar-refractivity contribution in [2.45, 2.75) is 38.1 Å². The summed E-state index contributed by atoms with van der Waals surface area (Å²) in [6, 6.07) is 14.8. The van der Waals surface area contributed by atoms with Gasteiger partial charge in [-0.05, 0) is 24.6 Å². The van der Waals surface area contributed by atoms with Crippen molar-refractivity contribution < 1.29 is 9.53 Å². The van der Waals surface area contributed by atoms with E-state index < -0.39 is 6.23 Å². The second-order valence-corrected chi connectivity index (χ2v) is 8.38. The molecule has 0 bridgehead atoms. The number of amides is 1. The van der Waals surface area contributed by atoms with Crippen molar-refractivity contribution in [2.24, 2.45) is 0 Å². The van der Waals surface area contributed by atoms with Crippen molar-refractivity contribution in [1.29, 1.82) is 0 Å². The van der Waals surface area contributed by atoms with Crippen LogP contribution < -0.4 is 9.64 Å². The van der Waals surface area contributed by atoms with Gasteiger partial charge in [0.2, 0.25) is 23.2 Å². The molecule has 30 heavy (non-hydrogen) atoms. The molecule has 154 valence electrons. The number of carbonyl (C=O) groups is 1. The number of thioether (sulfide) groups is 1. The van der Waals surface area contributed by atoms with Gasteiger partial charge in [-0.3, -0.25) is 9.69 Å². The lowest BCUT2D eigenvalue weighted by atomic mass is 10.1. The molecule has 1 amide bonds. The van der Waals surface area contributed by atoms with E-state index in [-0.39, 0.29) is 5.91 Å². The van der Waals surface area contributed by atoms with E-state index in [4.69, 9.17) is 16.3 Å². The maximum absolute atomic E-state index is 12.7. The summed E-state index contributed by atoms with van der Waals surface area (Å²) in [5, 5.41) is 9.82. The number of ether oxygens (including phenoxy) is 1. The van der Waals surface area contributed by atoms with Gasteiger partial charge in [-0.15, -0.1) is 10.2 Å². The molecule has 0 unspecified atom stereocenters. The summed E-state index contributed by atoms with van der Waals surface area (Å²) >= 11 is 7.77. The largest absolute Gasteiger partial charge is 0.447 e.